The smallest absolute Gasteiger partial charge is 0.216 e. The summed E-state index contributed by atoms with van der Waals surface area (Å²) >= 11 is 7.70. The number of halogens is 1. The average Bonchev–Trinajstić information content (AvgIpc) is 2.81. The van der Waals surface area contributed by atoms with E-state index in [1.54, 1.807) is 22.3 Å². The van der Waals surface area contributed by atoms with Gasteiger partial charge in [-0.3, -0.25) is 0 Å². The van der Waals surface area contributed by atoms with E-state index in [1.165, 1.54) is 11.1 Å². The minimum absolute atomic E-state index is 0.530. The van der Waals surface area contributed by atoms with Gasteiger partial charge in [-0.2, -0.15) is 9.50 Å². The van der Waals surface area contributed by atoms with Gasteiger partial charge in [0.15, 0.2) is 0 Å². The Morgan fingerprint density at radius 2 is 1.90 bits per heavy atom. The molecule has 6 heteroatoms. The van der Waals surface area contributed by atoms with Gasteiger partial charge in [0.05, 0.1) is 0 Å². The topological polar surface area (TPSA) is 43.1 Å². The zero-order chi connectivity index (χ0) is 14.1. The van der Waals surface area contributed by atoms with Crippen LogP contribution < -0.4 is 0 Å². The fourth-order valence-electron chi connectivity index (χ4n) is 1.82. The lowest BCUT2D eigenvalue weighted by molar-refractivity contribution is 0.876. The van der Waals surface area contributed by atoms with Gasteiger partial charge in [-0.15, -0.1) is 5.10 Å². The standard InChI is InChI=1S/C14H13ClN4S/c1-9-3-5-11(6-4-9)8-20-14-17-13-16-10(2)7-12(15)19(13)18-14/h3-7H,8H2,1-2H3. The van der Waals surface area contributed by atoms with Crippen molar-refractivity contribution in [3.8, 4) is 0 Å². The van der Waals surface area contributed by atoms with Gasteiger partial charge in [0, 0.05) is 11.4 Å². The molecule has 0 unspecified atom stereocenters. The summed E-state index contributed by atoms with van der Waals surface area (Å²) in [5.74, 6) is 1.37. The molecule has 0 saturated heterocycles. The average molecular weight is 305 g/mol. The summed E-state index contributed by atoms with van der Waals surface area (Å²) in [7, 11) is 0. The summed E-state index contributed by atoms with van der Waals surface area (Å²) < 4.78 is 1.56. The van der Waals surface area contributed by atoms with Crippen LogP contribution in [0.1, 0.15) is 16.8 Å². The maximum absolute atomic E-state index is 6.12. The first-order chi connectivity index (χ1) is 9.61. The molecular weight excluding hydrogens is 292 g/mol. The molecule has 0 atom stereocenters. The van der Waals surface area contributed by atoms with Crippen LogP contribution >= 0.6 is 23.4 Å². The highest BCUT2D eigenvalue weighted by molar-refractivity contribution is 7.98. The summed E-state index contributed by atoms with van der Waals surface area (Å²) in [6.07, 6.45) is 0. The largest absolute Gasteiger partial charge is 0.254 e. The SMILES string of the molecule is Cc1ccc(CSc2nc3nc(C)cc(Cl)n3n2)cc1. The van der Waals surface area contributed by atoms with E-state index in [2.05, 4.69) is 46.3 Å². The van der Waals surface area contributed by atoms with Gasteiger partial charge in [0.2, 0.25) is 5.16 Å². The third-order valence-corrected chi connectivity index (χ3v) is 4.04. The van der Waals surface area contributed by atoms with Crippen LogP contribution in [0.25, 0.3) is 5.78 Å². The molecule has 3 aromatic rings. The first-order valence-corrected chi connectivity index (χ1v) is 7.56. The molecule has 0 saturated carbocycles. The van der Waals surface area contributed by atoms with Crippen molar-refractivity contribution in [3.63, 3.8) is 0 Å². The molecule has 0 bridgehead atoms. The Bertz CT molecular complexity index is 752. The van der Waals surface area contributed by atoms with E-state index < -0.39 is 0 Å². The lowest BCUT2D eigenvalue weighted by atomic mass is 10.2. The quantitative estimate of drug-likeness (QED) is 0.547. The van der Waals surface area contributed by atoms with Crippen molar-refractivity contribution in [2.75, 3.05) is 0 Å². The van der Waals surface area contributed by atoms with E-state index in [1.807, 2.05) is 6.92 Å². The highest BCUT2D eigenvalue weighted by Gasteiger charge is 2.09. The number of hydrogen-bond donors (Lipinski definition) is 0. The molecule has 3 rings (SSSR count). The van der Waals surface area contributed by atoms with Gasteiger partial charge in [-0.1, -0.05) is 53.2 Å². The lowest BCUT2D eigenvalue weighted by Gasteiger charge is -1.98. The van der Waals surface area contributed by atoms with Gasteiger partial charge in [-0.25, -0.2) is 4.98 Å². The fourth-order valence-corrected chi connectivity index (χ4v) is 2.86. The molecule has 2 aromatic heterocycles. The van der Waals surface area contributed by atoms with Crippen LogP contribution in [0.3, 0.4) is 0 Å². The predicted octanol–water partition coefficient (Wildman–Crippen LogP) is 3.69. The Morgan fingerprint density at radius 3 is 2.65 bits per heavy atom. The maximum Gasteiger partial charge on any atom is 0.254 e. The second-order valence-electron chi connectivity index (χ2n) is 4.60. The van der Waals surface area contributed by atoms with E-state index in [9.17, 15) is 0 Å². The fraction of sp³-hybridized carbons (Fsp3) is 0.214. The predicted molar refractivity (Wildman–Crippen MR) is 81.3 cm³/mol. The zero-order valence-electron chi connectivity index (χ0n) is 11.2. The highest BCUT2D eigenvalue weighted by atomic mass is 35.5. The molecule has 0 aliphatic carbocycles. The maximum atomic E-state index is 6.12. The Balaban J connectivity index is 1.81. The van der Waals surface area contributed by atoms with Crippen molar-refractivity contribution < 1.29 is 0 Å². The Labute approximate surface area is 126 Å². The van der Waals surface area contributed by atoms with E-state index in [0.29, 0.717) is 16.1 Å². The van der Waals surface area contributed by atoms with Crippen LogP contribution in [0.2, 0.25) is 5.15 Å². The van der Waals surface area contributed by atoms with Crippen LogP contribution in [0.4, 0.5) is 0 Å². The Morgan fingerprint density at radius 1 is 1.15 bits per heavy atom. The van der Waals surface area contributed by atoms with Crippen molar-refractivity contribution in [2.45, 2.75) is 24.8 Å². The minimum Gasteiger partial charge on any atom is -0.216 e. The van der Waals surface area contributed by atoms with Crippen molar-refractivity contribution in [2.24, 2.45) is 0 Å². The molecule has 0 aliphatic rings. The van der Waals surface area contributed by atoms with E-state index in [4.69, 9.17) is 11.6 Å². The summed E-state index contributed by atoms with van der Waals surface area (Å²) in [6, 6.07) is 10.2. The lowest BCUT2D eigenvalue weighted by Crippen LogP contribution is -1.94. The summed E-state index contributed by atoms with van der Waals surface area (Å²) in [4.78, 5) is 8.70. The molecule has 102 valence electrons. The molecule has 1 aromatic carbocycles. The van der Waals surface area contributed by atoms with E-state index in [-0.39, 0.29) is 0 Å². The summed E-state index contributed by atoms with van der Waals surface area (Å²) in [6.45, 7) is 3.97. The number of fused-ring (bicyclic) bond motifs is 1. The minimum atomic E-state index is 0.530. The van der Waals surface area contributed by atoms with Gasteiger partial charge in [-0.05, 0) is 25.5 Å². The van der Waals surface area contributed by atoms with Gasteiger partial charge in [0.25, 0.3) is 5.78 Å². The number of benzene rings is 1. The number of nitrogens with zero attached hydrogens (tertiary/aromatic N) is 4. The Hall–Kier alpha value is -1.59. The number of aryl methyl sites for hydroxylation is 2. The molecular formula is C14H13ClN4S. The van der Waals surface area contributed by atoms with Gasteiger partial charge in [0.1, 0.15) is 5.15 Å². The Kier molecular flexibility index (Phi) is 3.63. The number of thioether (sulfide) groups is 1. The van der Waals surface area contributed by atoms with Crippen molar-refractivity contribution in [3.05, 3.63) is 52.3 Å². The number of aromatic nitrogens is 4. The molecule has 0 aliphatic heterocycles. The van der Waals surface area contributed by atoms with Gasteiger partial charge < -0.3 is 0 Å². The monoisotopic (exact) mass is 304 g/mol. The van der Waals surface area contributed by atoms with Crippen LogP contribution in [0.15, 0.2) is 35.5 Å². The first-order valence-electron chi connectivity index (χ1n) is 6.20. The van der Waals surface area contributed by atoms with Crippen molar-refractivity contribution >= 4 is 29.1 Å². The van der Waals surface area contributed by atoms with Crippen LogP contribution in [-0.4, -0.2) is 19.6 Å². The molecule has 2 heterocycles. The molecule has 0 amide bonds. The van der Waals surface area contributed by atoms with Crippen LogP contribution in [0, 0.1) is 13.8 Å². The van der Waals surface area contributed by atoms with Crippen LogP contribution in [-0.2, 0) is 5.75 Å². The third-order valence-electron chi connectivity index (χ3n) is 2.87. The first kappa shape index (κ1) is 13.4. The third kappa shape index (κ3) is 2.78. The number of hydrogen-bond acceptors (Lipinski definition) is 4. The second-order valence-corrected chi connectivity index (χ2v) is 5.93. The molecule has 20 heavy (non-hydrogen) atoms. The van der Waals surface area contributed by atoms with Crippen LogP contribution in [0.5, 0.6) is 0 Å². The van der Waals surface area contributed by atoms with Gasteiger partial charge >= 0.3 is 0 Å². The molecule has 0 N–H and O–H groups in total. The van der Waals surface area contributed by atoms with E-state index >= 15 is 0 Å². The molecule has 0 spiro atoms. The van der Waals surface area contributed by atoms with E-state index in [0.717, 1.165) is 11.4 Å². The molecule has 0 fully saturated rings. The second kappa shape index (κ2) is 5.42. The van der Waals surface area contributed by atoms with Crippen molar-refractivity contribution in [1.29, 1.82) is 0 Å². The molecule has 4 nitrogen and oxygen atoms in total. The van der Waals surface area contributed by atoms with Crippen molar-refractivity contribution in [1.82, 2.24) is 19.6 Å². The number of rotatable bonds is 3. The molecule has 0 radical (unpaired) electrons. The zero-order valence-corrected chi connectivity index (χ0v) is 12.7. The normalized spacial score (nSPS) is 11.2. The summed E-state index contributed by atoms with van der Waals surface area (Å²) in [5.41, 5.74) is 3.34. The highest BCUT2D eigenvalue weighted by Crippen LogP contribution is 2.21. The summed E-state index contributed by atoms with van der Waals surface area (Å²) in [5, 5.41) is 5.58.